The molecule has 1 aliphatic rings. The maximum Gasteiger partial charge on any atom is 0.309 e. The maximum absolute atomic E-state index is 12.9. The Bertz CT molecular complexity index is 757. The number of rotatable bonds is 2. The molecule has 1 saturated heterocycles. The third-order valence-electron chi connectivity index (χ3n) is 4.27. The predicted molar refractivity (Wildman–Crippen MR) is 83.6 cm³/mol. The molecule has 2 aromatic rings. The molecule has 5 nitrogen and oxygen atoms in total. The molecular formula is C15H21N3O2S. The topological polar surface area (TPSA) is 55.2 Å². The standard InChI is InChI=1S/C15H21N3O2S/c1-12-9-14-15(10-13(12)2)18(11-16-14)21(19,20)17-7-5-3-4-6-8-17/h9-11H,3-8H2,1-2H3. The third kappa shape index (κ3) is 2.58. The van der Waals surface area contributed by atoms with Gasteiger partial charge in [-0.05, 0) is 49.9 Å². The Morgan fingerprint density at radius 2 is 1.62 bits per heavy atom. The number of hydrogen-bond acceptors (Lipinski definition) is 3. The maximum atomic E-state index is 12.9. The first kappa shape index (κ1) is 14.5. The molecule has 0 unspecified atom stereocenters. The number of fused-ring (bicyclic) bond motifs is 1. The first-order valence-electron chi connectivity index (χ1n) is 7.45. The van der Waals surface area contributed by atoms with Gasteiger partial charge in [0.25, 0.3) is 0 Å². The summed E-state index contributed by atoms with van der Waals surface area (Å²) in [5.74, 6) is 0. The van der Waals surface area contributed by atoms with Crippen molar-refractivity contribution in [2.24, 2.45) is 0 Å². The van der Waals surface area contributed by atoms with Crippen LogP contribution in [0.2, 0.25) is 0 Å². The summed E-state index contributed by atoms with van der Waals surface area (Å²) in [6, 6.07) is 3.85. The number of aromatic nitrogens is 2. The molecule has 0 saturated carbocycles. The van der Waals surface area contributed by atoms with Crippen molar-refractivity contribution in [2.45, 2.75) is 39.5 Å². The number of imidazole rings is 1. The van der Waals surface area contributed by atoms with Gasteiger partial charge in [-0.3, -0.25) is 0 Å². The molecule has 6 heteroatoms. The van der Waals surface area contributed by atoms with Gasteiger partial charge in [0.15, 0.2) is 0 Å². The molecule has 1 aliphatic heterocycles. The lowest BCUT2D eigenvalue weighted by Gasteiger charge is -2.20. The second-order valence-electron chi connectivity index (χ2n) is 5.79. The van der Waals surface area contributed by atoms with E-state index in [4.69, 9.17) is 0 Å². The first-order chi connectivity index (χ1) is 10.00. The van der Waals surface area contributed by atoms with E-state index in [1.807, 2.05) is 26.0 Å². The smallest absolute Gasteiger partial charge is 0.236 e. The summed E-state index contributed by atoms with van der Waals surface area (Å²) in [4.78, 5) is 4.26. The minimum Gasteiger partial charge on any atom is -0.236 e. The Morgan fingerprint density at radius 3 is 2.29 bits per heavy atom. The van der Waals surface area contributed by atoms with Gasteiger partial charge in [0.1, 0.15) is 6.33 Å². The van der Waals surface area contributed by atoms with Crippen molar-refractivity contribution in [3.05, 3.63) is 29.6 Å². The molecule has 0 amide bonds. The van der Waals surface area contributed by atoms with Gasteiger partial charge in [-0.25, -0.2) is 8.96 Å². The Morgan fingerprint density at radius 1 is 1.00 bits per heavy atom. The van der Waals surface area contributed by atoms with Crippen LogP contribution in [-0.4, -0.2) is 34.8 Å². The van der Waals surface area contributed by atoms with Gasteiger partial charge < -0.3 is 0 Å². The van der Waals surface area contributed by atoms with Gasteiger partial charge in [-0.15, -0.1) is 0 Å². The summed E-state index contributed by atoms with van der Waals surface area (Å²) >= 11 is 0. The zero-order valence-electron chi connectivity index (χ0n) is 12.5. The molecule has 0 spiro atoms. The fraction of sp³-hybridized carbons (Fsp3) is 0.533. The molecular weight excluding hydrogens is 286 g/mol. The van der Waals surface area contributed by atoms with E-state index in [1.54, 1.807) is 4.31 Å². The highest BCUT2D eigenvalue weighted by molar-refractivity contribution is 7.87. The summed E-state index contributed by atoms with van der Waals surface area (Å²) in [5.41, 5.74) is 3.61. The lowest BCUT2D eigenvalue weighted by molar-refractivity contribution is 0.418. The quantitative estimate of drug-likeness (QED) is 0.857. The van der Waals surface area contributed by atoms with E-state index in [0.717, 1.165) is 42.3 Å². The van der Waals surface area contributed by atoms with Crippen molar-refractivity contribution in [3.8, 4) is 0 Å². The van der Waals surface area contributed by atoms with Crippen LogP contribution >= 0.6 is 0 Å². The van der Waals surface area contributed by atoms with Crippen molar-refractivity contribution < 1.29 is 8.42 Å². The molecule has 21 heavy (non-hydrogen) atoms. The van der Waals surface area contributed by atoms with Crippen LogP contribution in [0.15, 0.2) is 18.5 Å². The highest BCUT2D eigenvalue weighted by atomic mass is 32.2. The SMILES string of the molecule is Cc1cc2ncn(S(=O)(=O)N3CCCCCC3)c2cc1C. The van der Waals surface area contributed by atoms with Crippen molar-refractivity contribution in [1.82, 2.24) is 13.3 Å². The second kappa shape index (κ2) is 5.42. The van der Waals surface area contributed by atoms with Crippen molar-refractivity contribution >= 4 is 21.2 Å². The van der Waals surface area contributed by atoms with Crippen molar-refractivity contribution in [1.29, 1.82) is 0 Å². The van der Waals surface area contributed by atoms with Gasteiger partial charge in [0.2, 0.25) is 0 Å². The Balaban J connectivity index is 2.08. The number of hydrogen-bond donors (Lipinski definition) is 0. The monoisotopic (exact) mass is 307 g/mol. The number of aryl methyl sites for hydroxylation is 2. The minimum absolute atomic E-state index is 0.604. The molecule has 3 rings (SSSR count). The van der Waals surface area contributed by atoms with Crippen LogP contribution in [0.3, 0.4) is 0 Å². The van der Waals surface area contributed by atoms with Crippen LogP contribution in [-0.2, 0) is 10.2 Å². The zero-order valence-corrected chi connectivity index (χ0v) is 13.4. The molecule has 0 bridgehead atoms. The van der Waals surface area contributed by atoms with Gasteiger partial charge >= 0.3 is 10.2 Å². The van der Waals surface area contributed by atoms with Gasteiger partial charge in [-0.2, -0.15) is 12.7 Å². The Kier molecular flexibility index (Phi) is 3.75. The van der Waals surface area contributed by atoms with E-state index >= 15 is 0 Å². The van der Waals surface area contributed by atoms with Crippen molar-refractivity contribution in [3.63, 3.8) is 0 Å². The lowest BCUT2D eigenvalue weighted by atomic mass is 10.1. The van der Waals surface area contributed by atoms with Gasteiger partial charge in [0.05, 0.1) is 11.0 Å². The minimum atomic E-state index is -3.51. The van der Waals surface area contributed by atoms with Crippen LogP contribution in [0.25, 0.3) is 11.0 Å². The zero-order chi connectivity index (χ0) is 15.0. The number of nitrogens with zero attached hydrogens (tertiary/aromatic N) is 3. The lowest BCUT2D eigenvalue weighted by Crippen LogP contribution is -2.36. The van der Waals surface area contributed by atoms with E-state index in [0.29, 0.717) is 18.6 Å². The molecule has 1 aromatic heterocycles. The fourth-order valence-corrected chi connectivity index (χ4v) is 4.35. The van der Waals surface area contributed by atoms with Crippen LogP contribution in [0.1, 0.15) is 36.8 Å². The van der Waals surface area contributed by atoms with E-state index in [9.17, 15) is 8.42 Å². The largest absolute Gasteiger partial charge is 0.309 e. The summed E-state index contributed by atoms with van der Waals surface area (Å²) in [6.45, 7) is 5.21. The summed E-state index contributed by atoms with van der Waals surface area (Å²) < 4.78 is 28.6. The molecule has 0 radical (unpaired) electrons. The highest BCUT2D eigenvalue weighted by Gasteiger charge is 2.26. The first-order valence-corrected chi connectivity index (χ1v) is 8.85. The van der Waals surface area contributed by atoms with Crippen LogP contribution in [0.5, 0.6) is 0 Å². The second-order valence-corrected chi connectivity index (χ2v) is 7.59. The molecule has 1 fully saturated rings. The molecule has 0 atom stereocenters. The van der Waals surface area contributed by atoms with Crippen LogP contribution in [0.4, 0.5) is 0 Å². The van der Waals surface area contributed by atoms with Crippen LogP contribution < -0.4 is 0 Å². The van der Waals surface area contributed by atoms with E-state index in [2.05, 4.69) is 4.98 Å². The van der Waals surface area contributed by atoms with E-state index < -0.39 is 10.2 Å². The van der Waals surface area contributed by atoms with Crippen molar-refractivity contribution in [2.75, 3.05) is 13.1 Å². The average Bonchev–Trinajstić information content (AvgIpc) is 2.68. The van der Waals surface area contributed by atoms with Crippen LogP contribution in [0, 0.1) is 13.8 Å². The normalized spacial score (nSPS) is 18.0. The number of benzene rings is 1. The summed E-state index contributed by atoms with van der Waals surface area (Å²) in [6.07, 6.45) is 5.52. The molecule has 0 N–H and O–H groups in total. The molecule has 2 heterocycles. The van der Waals surface area contributed by atoms with E-state index in [-0.39, 0.29) is 0 Å². The van der Waals surface area contributed by atoms with Gasteiger partial charge in [0, 0.05) is 13.1 Å². The van der Waals surface area contributed by atoms with E-state index in [1.165, 1.54) is 10.3 Å². The molecule has 0 aliphatic carbocycles. The third-order valence-corrected chi connectivity index (χ3v) is 6.08. The fourth-order valence-electron chi connectivity index (χ4n) is 2.82. The predicted octanol–water partition coefficient (Wildman–Crippen LogP) is 2.62. The molecule has 114 valence electrons. The Labute approximate surface area is 125 Å². The molecule has 1 aromatic carbocycles. The Hall–Kier alpha value is -1.40. The summed E-state index contributed by atoms with van der Waals surface area (Å²) in [5, 5.41) is 0. The summed E-state index contributed by atoms with van der Waals surface area (Å²) in [7, 11) is -3.51. The highest BCUT2D eigenvalue weighted by Crippen LogP contribution is 2.22. The average molecular weight is 307 g/mol. The van der Waals surface area contributed by atoms with Gasteiger partial charge in [-0.1, -0.05) is 12.8 Å².